The summed E-state index contributed by atoms with van der Waals surface area (Å²) < 4.78 is 0. The van der Waals surface area contributed by atoms with E-state index in [1.807, 2.05) is 6.92 Å². The molecule has 0 aliphatic heterocycles. The molecule has 1 aromatic heterocycles. The molecule has 16 heavy (non-hydrogen) atoms. The quantitative estimate of drug-likeness (QED) is 0.643. The van der Waals surface area contributed by atoms with Crippen molar-refractivity contribution in [1.29, 1.82) is 0 Å². The van der Waals surface area contributed by atoms with Gasteiger partial charge in [-0.05, 0) is 24.1 Å². The maximum atomic E-state index is 10.6. The van der Waals surface area contributed by atoms with E-state index in [1.165, 1.54) is 12.1 Å². The minimum atomic E-state index is -0.461. The third-order valence-electron chi connectivity index (χ3n) is 2.13. The van der Waals surface area contributed by atoms with Crippen LogP contribution in [0.5, 0.6) is 0 Å². The Morgan fingerprint density at radius 2 is 2.25 bits per heavy atom. The molecule has 82 valence electrons. The third kappa shape index (κ3) is 1.87. The second-order valence-corrected chi connectivity index (χ2v) is 3.56. The van der Waals surface area contributed by atoms with Gasteiger partial charge in [-0.15, -0.1) is 0 Å². The summed E-state index contributed by atoms with van der Waals surface area (Å²) in [5.74, 6) is 0.353. The Morgan fingerprint density at radius 3 is 2.81 bits per heavy atom. The zero-order valence-corrected chi connectivity index (χ0v) is 9.02. The monoisotopic (exact) mass is 238 g/mol. The van der Waals surface area contributed by atoms with Crippen molar-refractivity contribution >= 4 is 17.3 Å². The number of nitrogens with one attached hydrogen (secondary N) is 1. The van der Waals surface area contributed by atoms with Crippen molar-refractivity contribution in [3.8, 4) is 11.4 Å². The molecule has 0 bridgehead atoms. The summed E-state index contributed by atoms with van der Waals surface area (Å²) in [6.45, 7) is 1.82. The minimum Gasteiger partial charge on any atom is -0.258 e. The average Bonchev–Trinajstić information content (AvgIpc) is 2.65. The maximum absolute atomic E-state index is 10.6. The predicted molar refractivity (Wildman–Crippen MR) is 58.2 cm³/mol. The van der Waals surface area contributed by atoms with E-state index in [0.29, 0.717) is 11.4 Å². The van der Waals surface area contributed by atoms with Gasteiger partial charge in [-0.25, -0.2) is 5.10 Å². The maximum Gasteiger partial charge on any atom is 0.270 e. The summed E-state index contributed by atoms with van der Waals surface area (Å²) in [6, 6.07) is 4.51. The fourth-order valence-electron chi connectivity index (χ4n) is 1.33. The van der Waals surface area contributed by atoms with Gasteiger partial charge in [0.25, 0.3) is 5.69 Å². The Bertz CT molecular complexity index is 552. The summed E-state index contributed by atoms with van der Waals surface area (Å²) in [6.07, 6.45) is 0. The van der Waals surface area contributed by atoms with Crippen LogP contribution in [0.25, 0.3) is 11.4 Å². The van der Waals surface area contributed by atoms with E-state index in [2.05, 4.69) is 15.2 Å². The summed E-state index contributed by atoms with van der Waals surface area (Å²) in [5.41, 5.74) is 1.44. The number of aromatic amines is 1. The van der Waals surface area contributed by atoms with Gasteiger partial charge in [0, 0.05) is 17.7 Å². The second-order valence-electron chi connectivity index (χ2n) is 3.21. The number of hydrogen-bond donors (Lipinski definition) is 1. The van der Waals surface area contributed by atoms with Crippen LogP contribution in [0, 0.1) is 17.0 Å². The van der Waals surface area contributed by atoms with Crippen molar-refractivity contribution in [2.75, 3.05) is 0 Å². The van der Waals surface area contributed by atoms with Gasteiger partial charge in [0.15, 0.2) is 5.82 Å². The molecule has 1 heterocycles. The van der Waals surface area contributed by atoms with Crippen molar-refractivity contribution in [3.63, 3.8) is 0 Å². The predicted octanol–water partition coefficient (Wildman–Crippen LogP) is 2.34. The molecule has 2 rings (SSSR count). The molecule has 0 atom stereocenters. The second kappa shape index (κ2) is 3.90. The molecule has 0 radical (unpaired) electrons. The number of nitro benzene ring substituents is 1. The topological polar surface area (TPSA) is 84.7 Å². The van der Waals surface area contributed by atoms with Crippen LogP contribution >= 0.6 is 11.6 Å². The van der Waals surface area contributed by atoms with Gasteiger partial charge in [0.2, 0.25) is 5.28 Å². The highest BCUT2D eigenvalue weighted by Crippen LogP contribution is 2.25. The van der Waals surface area contributed by atoms with Crippen molar-refractivity contribution in [1.82, 2.24) is 15.2 Å². The first-order chi connectivity index (χ1) is 7.58. The molecule has 2 aromatic rings. The lowest BCUT2D eigenvalue weighted by atomic mass is 10.1. The number of nitro groups is 1. The van der Waals surface area contributed by atoms with Crippen LogP contribution in [-0.2, 0) is 0 Å². The Kier molecular flexibility index (Phi) is 2.57. The first-order valence-corrected chi connectivity index (χ1v) is 4.79. The number of benzene rings is 1. The van der Waals surface area contributed by atoms with Crippen LogP contribution in [0.2, 0.25) is 5.28 Å². The highest BCUT2D eigenvalue weighted by molar-refractivity contribution is 6.28. The molecule has 1 N–H and O–H groups in total. The number of aromatic nitrogens is 3. The largest absolute Gasteiger partial charge is 0.270 e. The van der Waals surface area contributed by atoms with Gasteiger partial charge in [-0.1, -0.05) is 6.07 Å². The fraction of sp³-hybridized carbons (Fsp3) is 0.111. The molecule has 0 saturated heterocycles. The minimum absolute atomic E-state index is 0.00141. The van der Waals surface area contributed by atoms with Gasteiger partial charge in [0.1, 0.15) is 0 Å². The van der Waals surface area contributed by atoms with Crippen LogP contribution in [0.3, 0.4) is 0 Å². The molecule has 0 saturated carbocycles. The molecule has 0 amide bonds. The lowest BCUT2D eigenvalue weighted by Crippen LogP contribution is -1.91. The number of hydrogen-bond acceptors (Lipinski definition) is 4. The normalized spacial score (nSPS) is 10.4. The average molecular weight is 239 g/mol. The van der Waals surface area contributed by atoms with Gasteiger partial charge < -0.3 is 0 Å². The smallest absolute Gasteiger partial charge is 0.258 e. The van der Waals surface area contributed by atoms with Gasteiger partial charge >= 0.3 is 0 Å². The van der Waals surface area contributed by atoms with E-state index in [1.54, 1.807) is 6.07 Å². The van der Waals surface area contributed by atoms with Crippen LogP contribution in [0.4, 0.5) is 5.69 Å². The fourth-order valence-corrected chi connectivity index (χ4v) is 1.45. The van der Waals surface area contributed by atoms with Gasteiger partial charge in [0.05, 0.1) is 4.92 Å². The first-order valence-electron chi connectivity index (χ1n) is 4.41. The molecular weight excluding hydrogens is 232 g/mol. The molecule has 0 spiro atoms. The van der Waals surface area contributed by atoms with Crippen molar-refractivity contribution < 1.29 is 4.92 Å². The first kappa shape index (κ1) is 10.6. The Balaban J connectivity index is 2.55. The van der Waals surface area contributed by atoms with E-state index in [4.69, 9.17) is 11.6 Å². The zero-order valence-electron chi connectivity index (χ0n) is 8.27. The molecule has 0 fully saturated rings. The Labute approximate surface area is 95.4 Å². The number of nitrogens with zero attached hydrogens (tertiary/aromatic N) is 3. The molecule has 6 nitrogen and oxygen atoms in total. The van der Waals surface area contributed by atoms with E-state index < -0.39 is 4.92 Å². The van der Waals surface area contributed by atoms with Crippen molar-refractivity contribution in [2.24, 2.45) is 0 Å². The SMILES string of the molecule is Cc1ccc([N+](=O)[O-])cc1-c1n[nH]c(Cl)n1. The summed E-state index contributed by atoms with van der Waals surface area (Å²) in [5, 5.41) is 17.1. The van der Waals surface area contributed by atoms with Crippen LogP contribution in [-0.4, -0.2) is 20.1 Å². The number of non-ortho nitro benzene ring substituents is 1. The molecule has 1 aromatic carbocycles. The summed E-state index contributed by atoms with van der Waals surface area (Å²) in [7, 11) is 0. The Hall–Kier alpha value is -1.95. The zero-order chi connectivity index (χ0) is 11.7. The number of H-pyrrole nitrogens is 1. The number of halogens is 1. The molecule has 0 unspecified atom stereocenters. The highest BCUT2D eigenvalue weighted by Gasteiger charge is 2.13. The number of aryl methyl sites for hydroxylation is 1. The van der Waals surface area contributed by atoms with Crippen LogP contribution in [0.1, 0.15) is 5.56 Å². The van der Waals surface area contributed by atoms with Crippen LogP contribution < -0.4 is 0 Å². The molecular formula is C9H7ClN4O2. The van der Waals surface area contributed by atoms with Gasteiger partial charge in [-0.2, -0.15) is 10.1 Å². The standard InChI is InChI=1S/C9H7ClN4O2/c1-5-2-3-6(14(15)16)4-7(5)8-11-9(10)13-12-8/h2-4H,1H3,(H,11,12,13). The lowest BCUT2D eigenvalue weighted by molar-refractivity contribution is -0.384. The highest BCUT2D eigenvalue weighted by atomic mass is 35.5. The van der Waals surface area contributed by atoms with E-state index in [9.17, 15) is 10.1 Å². The molecule has 7 heteroatoms. The molecule has 0 aliphatic rings. The van der Waals surface area contributed by atoms with E-state index >= 15 is 0 Å². The Morgan fingerprint density at radius 1 is 1.50 bits per heavy atom. The number of rotatable bonds is 2. The van der Waals surface area contributed by atoms with E-state index in [0.717, 1.165) is 5.56 Å². The lowest BCUT2D eigenvalue weighted by Gasteiger charge is -2.00. The van der Waals surface area contributed by atoms with E-state index in [-0.39, 0.29) is 11.0 Å². The van der Waals surface area contributed by atoms with Crippen molar-refractivity contribution in [2.45, 2.75) is 6.92 Å². The summed E-state index contributed by atoms with van der Waals surface area (Å²) >= 11 is 5.60. The third-order valence-corrected chi connectivity index (χ3v) is 2.30. The van der Waals surface area contributed by atoms with Gasteiger partial charge in [-0.3, -0.25) is 10.1 Å². The van der Waals surface area contributed by atoms with Crippen molar-refractivity contribution in [3.05, 3.63) is 39.2 Å². The molecule has 0 aliphatic carbocycles. The van der Waals surface area contributed by atoms with Crippen LogP contribution in [0.15, 0.2) is 18.2 Å². The summed E-state index contributed by atoms with van der Waals surface area (Å²) in [4.78, 5) is 14.1.